The predicted molar refractivity (Wildman–Crippen MR) is 151 cm³/mol. The fourth-order valence-electron chi connectivity index (χ4n) is 10.5. The molecule has 0 spiro atoms. The first-order valence-corrected chi connectivity index (χ1v) is 15.9. The molecule has 5 heteroatoms. The van der Waals surface area contributed by atoms with Crippen LogP contribution >= 0.6 is 15.9 Å². The molecule has 1 aromatic rings. The van der Waals surface area contributed by atoms with Gasteiger partial charge in [0.1, 0.15) is 0 Å². The third-order valence-corrected chi connectivity index (χ3v) is 13.0. The second-order valence-electron chi connectivity index (χ2n) is 14.0. The van der Waals surface area contributed by atoms with E-state index in [-0.39, 0.29) is 28.9 Å². The lowest BCUT2D eigenvalue weighted by Gasteiger charge is -2.62. The van der Waals surface area contributed by atoms with Gasteiger partial charge in [0, 0.05) is 23.1 Å². The Balaban J connectivity index is 1.13. The van der Waals surface area contributed by atoms with E-state index in [0.717, 1.165) is 55.2 Å². The number of amides is 1. The fourth-order valence-corrected chi connectivity index (χ4v) is 10.8. The second-order valence-corrected chi connectivity index (χ2v) is 15.0. The number of hydrogen-bond donors (Lipinski definition) is 2. The van der Waals surface area contributed by atoms with Crippen LogP contribution in [0.5, 0.6) is 0 Å². The van der Waals surface area contributed by atoms with E-state index in [1.54, 1.807) is 0 Å². The van der Waals surface area contributed by atoms with Gasteiger partial charge in [-0.2, -0.15) is 0 Å². The summed E-state index contributed by atoms with van der Waals surface area (Å²) in [5.74, 6) is 3.50. The van der Waals surface area contributed by atoms with Gasteiger partial charge in [-0.15, -0.1) is 0 Å². The highest BCUT2D eigenvalue weighted by Gasteiger charge is 2.62. The van der Waals surface area contributed by atoms with Crippen LogP contribution in [0.2, 0.25) is 0 Å². The molecule has 1 amide bonds. The summed E-state index contributed by atoms with van der Waals surface area (Å²) in [6.45, 7) is 8.22. The molecule has 4 aliphatic carbocycles. The van der Waals surface area contributed by atoms with Crippen molar-refractivity contribution in [3.63, 3.8) is 0 Å². The quantitative estimate of drug-likeness (QED) is 0.420. The monoisotopic (exact) mass is 571 g/mol. The highest BCUT2D eigenvalue weighted by atomic mass is 79.9. The van der Waals surface area contributed by atoms with Crippen LogP contribution in [-0.4, -0.2) is 34.9 Å². The van der Waals surface area contributed by atoms with Crippen LogP contribution in [0.1, 0.15) is 90.5 Å². The largest absolute Gasteiger partial charge is 0.393 e. The molecule has 0 saturated heterocycles. The highest BCUT2D eigenvalue weighted by molar-refractivity contribution is 9.10. The first kappa shape index (κ1) is 26.3. The lowest BCUT2D eigenvalue weighted by atomic mass is 9.43. The maximum absolute atomic E-state index is 13.3. The molecule has 0 unspecified atom stereocenters. The Hall–Kier alpha value is -0.910. The smallest absolute Gasteiger partial charge is 0.227 e. The number of rotatable bonds is 4. The number of benzene rings is 1. The standard InChI is InChI=1S/C32H46BrNO3/c1-19(4-9-29(37)34-15-12-20-5-6-22(33)18-27(20)34)24-7-8-25-30-26(11-14-32(24,25)3)31(2)13-10-23(35)16-21(31)17-28(30)36/h5-6,18-19,21,23-26,28,30,35-36H,4,7-17H2,1-3H3/t19-,21+,23-,24-,25+,26+,28+,30+,31+,32-/m1/s1. The molecule has 204 valence electrons. The van der Waals surface area contributed by atoms with Gasteiger partial charge in [0.2, 0.25) is 5.91 Å². The van der Waals surface area contributed by atoms with E-state index in [4.69, 9.17) is 0 Å². The van der Waals surface area contributed by atoms with Crippen molar-refractivity contribution < 1.29 is 15.0 Å². The van der Waals surface area contributed by atoms with E-state index in [9.17, 15) is 15.0 Å². The minimum absolute atomic E-state index is 0.175. The van der Waals surface area contributed by atoms with Gasteiger partial charge in [0.05, 0.1) is 12.2 Å². The van der Waals surface area contributed by atoms with Crippen molar-refractivity contribution in [1.29, 1.82) is 0 Å². The molecule has 1 aromatic carbocycles. The number of carbonyl (C=O) groups excluding carboxylic acids is 1. The fraction of sp³-hybridized carbons (Fsp3) is 0.781. The van der Waals surface area contributed by atoms with E-state index in [0.29, 0.717) is 41.9 Å². The second kappa shape index (κ2) is 9.63. The van der Waals surface area contributed by atoms with Crippen LogP contribution in [0.4, 0.5) is 5.69 Å². The molecule has 37 heavy (non-hydrogen) atoms. The third kappa shape index (κ3) is 4.25. The topological polar surface area (TPSA) is 60.8 Å². The molecule has 4 fully saturated rings. The highest BCUT2D eigenvalue weighted by Crippen LogP contribution is 2.68. The van der Waals surface area contributed by atoms with Gasteiger partial charge in [-0.25, -0.2) is 0 Å². The average Bonchev–Trinajstić information content (AvgIpc) is 3.44. The van der Waals surface area contributed by atoms with E-state index < -0.39 is 0 Å². The van der Waals surface area contributed by atoms with Crippen LogP contribution in [0.3, 0.4) is 0 Å². The van der Waals surface area contributed by atoms with Gasteiger partial charge < -0.3 is 15.1 Å². The minimum atomic E-state index is -0.219. The Kier molecular flexibility index (Phi) is 6.85. The summed E-state index contributed by atoms with van der Waals surface area (Å²) >= 11 is 3.57. The summed E-state index contributed by atoms with van der Waals surface area (Å²) in [4.78, 5) is 15.3. The molecule has 0 radical (unpaired) electrons. The summed E-state index contributed by atoms with van der Waals surface area (Å²) in [6, 6.07) is 6.31. The number of halogens is 1. The first-order chi connectivity index (χ1) is 17.6. The van der Waals surface area contributed by atoms with Crippen molar-refractivity contribution in [1.82, 2.24) is 0 Å². The Morgan fingerprint density at radius 3 is 2.65 bits per heavy atom. The number of hydrogen-bond acceptors (Lipinski definition) is 3. The normalized spacial score (nSPS) is 43.5. The van der Waals surface area contributed by atoms with Gasteiger partial charge in [-0.3, -0.25) is 4.79 Å². The number of aliphatic hydroxyl groups is 2. The maximum atomic E-state index is 13.3. The predicted octanol–water partition coefficient (Wildman–Crippen LogP) is 6.75. The van der Waals surface area contributed by atoms with Crippen LogP contribution < -0.4 is 4.90 Å². The molecule has 0 aromatic heterocycles. The van der Waals surface area contributed by atoms with Crippen LogP contribution in [0.25, 0.3) is 0 Å². The zero-order valence-corrected chi connectivity index (χ0v) is 24.5. The molecule has 1 heterocycles. The van der Waals surface area contributed by atoms with Gasteiger partial charge in [-0.1, -0.05) is 42.8 Å². The van der Waals surface area contributed by atoms with E-state index in [1.165, 1.54) is 31.2 Å². The molecule has 4 saturated carbocycles. The van der Waals surface area contributed by atoms with Crippen molar-refractivity contribution in [2.45, 2.75) is 104 Å². The molecule has 1 aliphatic heterocycles. The van der Waals surface area contributed by atoms with E-state index in [1.807, 2.05) is 4.90 Å². The van der Waals surface area contributed by atoms with Crippen molar-refractivity contribution in [2.75, 3.05) is 11.4 Å². The molecular weight excluding hydrogens is 526 g/mol. The minimum Gasteiger partial charge on any atom is -0.393 e. The van der Waals surface area contributed by atoms with Crippen LogP contribution in [0, 0.1) is 46.3 Å². The maximum Gasteiger partial charge on any atom is 0.227 e. The first-order valence-electron chi connectivity index (χ1n) is 15.1. The molecule has 10 atom stereocenters. The van der Waals surface area contributed by atoms with Gasteiger partial charge in [0.15, 0.2) is 0 Å². The van der Waals surface area contributed by atoms with Gasteiger partial charge in [-0.05, 0) is 128 Å². The Labute approximate surface area is 231 Å². The number of carbonyl (C=O) groups is 1. The third-order valence-electron chi connectivity index (χ3n) is 12.5. The number of nitrogens with zero attached hydrogens (tertiary/aromatic N) is 1. The summed E-state index contributed by atoms with van der Waals surface area (Å²) in [5, 5.41) is 21.8. The molecule has 6 rings (SSSR count). The summed E-state index contributed by atoms with van der Waals surface area (Å²) in [5.41, 5.74) is 2.92. The molecule has 4 nitrogen and oxygen atoms in total. The molecule has 5 aliphatic rings. The zero-order valence-electron chi connectivity index (χ0n) is 23.0. The molecule has 0 bridgehead atoms. The van der Waals surface area contributed by atoms with Crippen LogP contribution in [0.15, 0.2) is 22.7 Å². The SMILES string of the molecule is C[C@H](CCC(=O)N1CCc2ccc(Br)cc21)[C@H]1CC[C@H]2[C@@H]3[C@@H](O)C[C@@H]4C[C@H](O)CC[C@]4(C)[C@H]3CC[C@]12C. The summed E-state index contributed by atoms with van der Waals surface area (Å²) in [7, 11) is 0. The van der Waals surface area contributed by atoms with Gasteiger partial charge in [0.25, 0.3) is 0 Å². The summed E-state index contributed by atoms with van der Waals surface area (Å²) < 4.78 is 1.04. The Bertz CT molecular complexity index is 1040. The van der Waals surface area contributed by atoms with Crippen LogP contribution in [-0.2, 0) is 11.2 Å². The van der Waals surface area contributed by atoms with E-state index >= 15 is 0 Å². The lowest BCUT2D eigenvalue weighted by molar-refractivity contribution is -0.174. The summed E-state index contributed by atoms with van der Waals surface area (Å²) in [6.07, 6.45) is 10.9. The van der Waals surface area contributed by atoms with Crippen molar-refractivity contribution >= 4 is 27.5 Å². The Morgan fingerprint density at radius 2 is 1.84 bits per heavy atom. The lowest BCUT2D eigenvalue weighted by Crippen LogP contribution is -2.58. The van der Waals surface area contributed by atoms with Crippen molar-refractivity contribution in [3.8, 4) is 0 Å². The number of anilines is 1. The van der Waals surface area contributed by atoms with Gasteiger partial charge >= 0.3 is 0 Å². The van der Waals surface area contributed by atoms with Crippen molar-refractivity contribution in [3.05, 3.63) is 28.2 Å². The zero-order chi connectivity index (χ0) is 26.1. The average molecular weight is 573 g/mol. The Morgan fingerprint density at radius 1 is 1.08 bits per heavy atom. The number of fused-ring (bicyclic) bond motifs is 6. The molecular formula is C32H46BrNO3. The number of aliphatic hydroxyl groups excluding tert-OH is 2. The van der Waals surface area contributed by atoms with Crippen molar-refractivity contribution in [2.24, 2.45) is 46.3 Å². The molecule has 2 N–H and O–H groups in total. The van der Waals surface area contributed by atoms with E-state index in [2.05, 4.69) is 54.9 Å².